The Morgan fingerprint density at radius 2 is 2.17 bits per heavy atom. The van der Waals surface area contributed by atoms with E-state index in [0.29, 0.717) is 19.8 Å². The molecular formula is C19H31N3O2. The maximum atomic E-state index is 5.72. The molecule has 1 aromatic carbocycles. The van der Waals surface area contributed by atoms with Crippen LogP contribution in [0.2, 0.25) is 0 Å². The first-order chi connectivity index (χ1) is 11.7. The molecule has 0 aliphatic carbocycles. The molecule has 0 fully saturated rings. The van der Waals surface area contributed by atoms with Crippen molar-refractivity contribution in [2.24, 2.45) is 4.99 Å². The second-order valence-corrected chi connectivity index (χ2v) is 5.45. The number of nitrogens with zero attached hydrogens (tertiary/aromatic N) is 2. The Balaban J connectivity index is 2.39. The fraction of sp³-hybridized carbons (Fsp3) is 0.526. The minimum absolute atomic E-state index is 0.533. The fourth-order valence-corrected chi connectivity index (χ4v) is 2.27. The van der Waals surface area contributed by atoms with Gasteiger partial charge in [0.15, 0.2) is 5.96 Å². The van der Waals surface area contributed by atoms with Gasteiger partial charge < -0.3 is 19.7 Å². The Bertz CT molecular complexity index is 503. The number of para-hydroxylation sites is 1. The number of aliphatic imine (C=N–C) groups is 1. The highest BCUT2D eigenvalue weighted by Crippen LogP contribution is 2.17. The Kier molecular flexibility index (Phi) is 10.4. The van der Waals surface area contributed by atoms with E-state index in [9.17, 15) is 0 Å². The standard InChI is InChI=1S/C19H31N3O2/c1-5-7-10-14-22(3)19(20-6-2)21-13-15-24-16-17-11-8-9-12-18(17)23-4/h5,8-9,11-12H,1,6-7,10,13-16H2,2-4H3,(H,20,21). The first-order valence-corrected chi connectivity index (χ1v) is 8.52. The van der Waals surface area contributed by atoms with Crippen LogP contribution in [0.3, 0.4) is 0 Å². The van der Waals surface area contributed by atoms with Gasteiger partial charge in [0.2, 0.25) is 0 Å². The summed E-state index contributed by atoms with van der Waals surface area (Å²) < 4.78 is 11.0. The Hall–Kier alpha value is -2.01. The molecule has 0 aliphatic heterocycles. The van der Waals surface area contributed by atoms with Gasteiger partial charge in [0.1, 0.15) is 5.75 Å². The Morgan fingerprint density at radius 3 is 2.88 bits per heavy atom. The molecule has 0 bridgehead atoms. The predicted molar refractivity (Wildman–Crippen MR) is 101 cm³/mol. The summed E-state index contributed by atoms with van der Waals surface area (Å²) >= 11 is 0. The van der Waals surface area contributed by atoms with Crippen LogP contribution in [0.1, 0.15) is 25.3 Å². The zero-order valence-electron chi connectivity index (χ0n) is 15.3. The van der Waals surface area contributed by atoms with E-state index < -0.39 is 0 Å². The van der Waals surface area contributed by atoms with Crippen LogP contribution in [-0.4, -0.2) is 51.3 Å². The average molecular weight is 333 g/mol. The molecule has 1 aromatic rings. The molecule has 5 nitrogen and oxygen atoms in total. The lowest BCUT2D eigenvalue weighted by atomic mass is 10.2. The van der Waals surface area contributed by atoms with Gasteiger partial charge >= 0.3 is 0 Å². The molecule has 1 rings (SSSR count). The van der Waals surface area contributed by atoms with Gasteiger partial charge in [-0.2, -0.15) is 0 Å². The average Bonchev–Trinajstić information content (AvgIpc) is 2.61. The van der Waals surface area contributed by atoms with Crippen molar-refractivity contribution in [3.63, 3.8) is 0 Å². The summed E-state index contributed by atoms with van der Waals surface area (Å²) in [5.41, 5.74) is 1.05. The number of guanidine groups is 1. The van der Waals surface area contributed by atoms with Crippen molar-refractivity contribution < 1.29 is 9.47 Å². The van der Waals surface area contributed by atoms with Crippen molar-refractivity contribution in [3.05, 3.63) is 42.5 Å². The van der Waals surface area contributed by atoms with Crippen molar-refractivity contribution in [1.82, 2.24) is 10.2 Å². The molecule has 0 unspecified atom stereocenters. The third-order valence-electron chi connectivity index (χ3n) is 3.55. The van der Waals surface area contributed by atoms with Gasteiger partial charge in [0.25, 0.3) is 0 Å². The molecule has 5 heteroatoms. The van der Waals surface area contributed by atoms with E-state index in [2.05, 4.69) is 35.8 Å². The summed E-state index contributed by atoms with van der Waals surface area (Å²) in [6.07, 6.45) is 4.05. The molecule has 0 amide bonds. The number of rotatable bonds is 11. The smallest absolute Gasteiger partial charge is 0.193 e. The van der Waals surface area contributed by atoms with Gasteiger partial charge in [0, 0.05) is 25.7 Å². The van der Waals surface area contributed by atoms with E-state index in [-0.39, 0.29) is 0 Å². The van der Waals surface area contributed by atoms with Crippen LogP contribution >= 0.6 is 0 Å². The van der Waals surface area contributed by atoms with Gasteiger partial charge in [-0.15, -0.1) is 6.58 Å². The van der Waals surface area contributed by atoms with Crippen LogP contribution in [0.15, 0.2) is 41.9 Å². The van der Waals surface area contributed by atoms with Gasteiger partial charge in [-0.3, -0.25) is 4.99 Å². The normalized spacial score (nSPS) is 11.2. The fourth-order valence-electron chi connectivity index (χ4n) is 2.27. The Morgan fingerprint density at radius 1 is 1.38 bits per heavy atom. The molecule has 0 heterocycles. The first-order valence-electron chi connectivity index (χ1n) is 8.52. The summed E-state index contributed by atoms with van der Waals surface area (Å²) in [6.45, 7) is 9.38. The topological polar surface area (TPSA) is 46.1 Å². The maximum absolute atomic E-state index is 5.72. The van der Waals surface area contributed by atoms with E-state index in [1.807, 2.05) is 30.3 Å². The third-order valence-corrected chi connectivity index (χ3v) is 3.55. The summed E-state index contributed by atoms with van der Waals surface area (Å²) in [7, 11) is 3.73. The van der Waals surface area contributed by atoms with Crippen LogP contribution in [0.25, 0.3) is 0 Å². The maximum Gasteiger partial charge on any atom is 0.193 e. The van der Waals surface area contributed by atoms with Crippen LogP contribution in [-0.2, 0) is 11.3 Å². The van der Waals surface area contributed by atoms with E-state index in [0.717, 1.165) is 43.2 Å². The zero-order chi connectivity index (χ0) is 17.6. The van der Waals surface area contributed by atoms with E-state index in [1.54, 1.807) is 7.11 Å². The van der Waals surface area contributed by atoms with Crippen molar-refractivity contribution in [2.45, 2.75) is 26.4 Å². The van der Waals surface area contributed by atoms with Crippen LogP contribution in [0, 0.1) is 0 Å². The molecule has 0 radical (unpaired) electrons. The molecular weight excluding hydrogens is 302 g/mol. The number of ether oxygens (including phenoxy) is 2. The quantitative estimate of drug-likeness (QED) is 0.293. The van der Waals surface area contributed by atoms with Gasteiger partial charge in [-0.05, 0) is 25.8 Å². The Labute approximate surface area is 146 Å². The van der Waals surface area contributed by atoms with Crippen LogP contribution in [0.4, 0.5) is 0 Å². The predicted octanol–water partition coefficient (Wildman–Crippen LogP) is 3.08. The molecule has 0 saturated carbocycles. The highest BCUT2D eigenvalue weighted by molar-refractivity contribution is 5.79. The highest BCUT2D eigenvalue weighted by atomic mass is 16.5. The molecule has 134 valence electrons. The summed E-state index contributed by atoms with van der Waals surface area (Å²) in [6, 6.07) is 7.90. The number of benzene rings is 1. The van der Waals surface area contributed by atoms with Crippen LogP contribution < -0.4 is 10.1 Å². The number of nitrogens with one attached hydrogen (secondary N) is 1. The molecule has 0 spiro atoms. The van der Waals surface area contributed by atoms with Crippen molar-refractivity contribution in [2.75, 3.05) is 40.4 Å². The number of hydrogen-bond acceptors (Lipinski definition) is 3. The van der Waals surface area contributed by atoms with Gasteiger partial charge in [-0.25, -0.2) is 0 Å². The van der Waals surface area contributed by atoms with E-state index in [4.69, 9.17) is 9.47 Å². The lowest BCUT2D eigenvalue weighted by Crippen LogP contribution is -2.39. The first kappa shape index (κ1) is 20.0. The number of unbranched alkanes of at least 4 members (excludes halogenated alkanes) is 1. The van der Waals surface area contributed by atoms with Crippen molar-refractivity contribution in [3.8, 4) is 5.75 Å². The summed E-state index contributed by atoms with van der Waals surface area (Å²) in [5, 5.41) is 3.31. The largest absolute Gasteiger partial charge is 0.496 e. The van der Waals surface area contributed by atoms with Crippen LogP contribution in [0.5, 0.6) is 5.75 Å². The van der Waals surface area contributed by atoms with E-state index >= 15 is 0 Å². The third kappa shape index (κ3) is 7.51. The molecule has 0 aliphatic rings. The SMILES string of the molecule is C=CCCCN(C)C(=NCCOCc1ccccc1OC)NCC. The lowest BCUT2D eigenvalue weighted by Gasteiger charge is -2.21. The minimum atomic E-state index is 0.533. The number of hydrogen-bond donors (Lipinski definition) is 1. The minimum Gasteiger partial charge on any atom is -0.496 e. The van der Waals surface area contributed by atoms with Crippen molar-refractivity contribution in [1.29, 1.82) is 0 Å². The molecule has 0 atom stereocenters. The number of allylic oxidation sites excluding steroid dienone is 1. The molecule has 0 saturated heterocycles. The second kappa shape index (κ2) is 12.4. The second-order valence-electron chi connectivity index (χ2n) is 5.45. The lowest BCUT2D eigenvalue weighted by molar-refractivity contribution is 0.126. The number of methoxy groups -OCH3 is 1. The zero-order valence-corrected chi connectivity index (χ0v) is 15.3. The molecule has 24 heavy (non-hydrogen) atoms. The monoisotopic (exact) mass is 333 g/mol. The van der Waals surface area contributed by atoms with Gasteiger partial charge in [-0.1, -0.05) is 24.3 Å². The molecule has 0 aromatic heterocycles. The van der Waals surface area contributed by atoms with Crippen molar-refractivity contribution >= 4 is 5.96 Å². The molecule has 1 N–H and O–H groups in total. The van der Waals surface area contributed by atoms with E-state index in [1.165, 1.54) is 0 Å². The summed E-state index contributed by atoms with van der Waals surface area (Å²) in [4.78, 5) is 6.76. The summed E-state index contributed by atoms with van der Waals surface area (Å²) in [5.74, 6) is 1.78. The highest BCUT2D eigenvalue weighted by Gasteiger charge is 2.05. The van der Waals surface area contributed by atoms with Gasteiger partial charge in [0.05, 0.1) is 26.9 Å².